The highest BCUT2D eigenvalue weighted by atomic mass is 127. The van der Waals surface area contributed by atoms with Crippen molar-refractivity contribution in [2.24, 2.45) is 0 Å². The van der Waals surface area contributed by atoms with E-state index in [2.05, 4.69) is 58.7 Å². The van der Waals surface area contributed by atoms with E-state index in [4.69, 9.17) is 14.2 Å². The number of halogens is 1. The fourth-order valence-corrected chi connectivity index (χ4v) is 3.23. The van der Waals surface area contributed by atoms with Crippen LogP contribution < -0.4 is 4.74 Å². The standard InChI is InChI=1S/C25H21IO4/c1-28-23-15-11-20(12-16-23)24(19-9-13-22(26)14-10-19)30-17-3-4-18-5-7-21(8-6-18)25(27)29-2/h5-16,24H,17H2,1-2H3. The van der Waals surface area contributed by atoms with Crippen molar-refractivity contribution in [2.45, 2.75) is 6.10 Å². The minimum atomic E-state index is -0.363. The highest BCUT2D eigenvalue weighted by Gasteiger charge is 2.14. The smallest absolute Gasteiger partial charge is 0.337 e. The number of hydrogen-bond acceptors (Lipinski definition) is 4. The summed E-state index contributed by atoms with van der Waals surface area (Å²) in [6, 6.07) is 23.1. The average Bonchev–Trinajstić information content (AvgIpc) is 2.80. The lowest BCUT2D eigenvalue weighted by atomic mass is 10.0. The summed E-state index contributed by atoms with van der Waals surface area (Å²) in [5.74, 6) is 6.56. The third-order valence-electron chi connectivity index (χ3n) is 4.45. The molecular weight excluding hydrogens is 491 g/mol. The predicted molar refractivity (Wildman–Crippen MR) is 125 cm³/mol. The Kier molecular flexibility index (Phi) is 7.89. The van der Waals surface area contributed by atoms with E-state index in [0.717, 1.165) is 22.4 Å². The van der Waals surface area contributed by atoms with Gasteiger partial charge in [-0.25, -0.2) is 4.79 Å². The topological polar surface area (TPSA) is 44.8 Å². The molecule has 0 fully saturated rings. The zero-order chi connectivity index (χ0) is 21.3. The molecule has 3 aromatic carbocycles. The number of carbonyl (C=O) groups excluding carboxylic acids is 1. The summed E-state index contributed by atoms with van der Waals surface area (Å²) in [4.78, 5) is 11.5. The van der Waals surface area contributed by atoms with Crippen molar-refractivity contribution in [3.05, 3.63) is 98.6 Å². The van der Waals surface area contributed by atoms with Crippen molar-refractivity contribution in [3.63, 3.8) is 0 Å². The molecule has 152 valence electrons. The van der Waals surface area contributed by atoms with E-state index in [9.17, 15) is 4.79 Å². The molecule has 3 aromatic rings. The third kappa shape index (κ3) is 5.85. The Balaban J connectivity index is 1.73. The van der Waals surface area contributed by atoms with Crippen LogP contribution in [0, 0.1) is 15.4 Å². The van der Waals surface area contributed by atoms with Gasteiger partial charge in [-0.3, -0.25) is 0 Å². The van der Waals surface area contributed by atoms with E-state index in [0.29, 0.717) is 5.56 Å². The van der Waals surface area contributed by atoms with Crippen LogP contribution in [0.2, 0.25) is 0 Å². The van der Waals surface area contributed by atoms with E-state index >= 15 is 0 Å². The quantitative estimate of drug-likeness (QED) is 0.258. The summed E-state index contributed by atoms with van der Waals surface area (Å²) in [7, 11) is 3.01. The van der Waals surface area contributed by atoms with Crippen LogP contribution in [0.15, 0.2) is 72.8 Å². The first kappa shape index (κ1) is 21.9. The molecule has 1 unspecified atom stereocenters. The number of esters is 1. The van der Waals surface area contributed by atoms with Crippen LogP contribution in [0.25, 0.3) is 0 Å². The van der Waals surface area contributed by atoms with Crippen LogP contribution in [-0.4, -0.2) is 26.8 Å². The van der Waals surface area contributed by atoms with Gasteiger partial charge in [0.25, 0.3) is 0 Å². The first-order valence-corrected chi connectivity index (χ1v) is 10.4. The molecule has 0 N–H and O–H groups in total. The van der Waals surface area contributed by atoms with Gasteiger partial charge in [0, 0.05) is 9.13 Å². The lowest BCUT2D eigenvalue weighted by Gasteiger charge is -2.18. The van der Waals surface area contributed by atoms with Gasteiger partial charge in [-0.05, 0) is 82.2 Å². The van der Waals surface area contributed by atoms with Crippen molar-refractivity contribution in [1.82, 2.24) is 0 Å². The Labute approximate surface area is 190 Å². The molecule has 0 spiro atoms. The maximum Gasteiger partial charge on any atom is 0.337 e. The van der Waals surface area contributed by atoms with Crippen molar-refractivity contribution in [3.8, 4) is 17.6 Å². The van der Waals surface area contributed by atoms with Crippen LogP contribution >= 0.6 is 22.6 Å². The summed E-state index contributed by atoms with van der Waals surface area (Å²) in [5.41, 5.74) is 3.39. The molecule has 0 bridgehead atoms. The van der Waals surface area contributed by atoms with E-state index < -0.39 is 0 Å². The van der Waals surface area contributed by atoms with Gasteiger partial charge in [-0.2, -0.15) is 0 Å². The molecule has 0 saturated carbocycles. The van der Waals surface area contributed by atoms with Gasteiger partial charge >= 0.3 is 5.97 Å². The van der Waals surface area contributed by atoms with Crippen molar-refractivity contribution in [1.29, 1.82) is 0 Å². The van der Waals surface area contributed by atoms with Gasteiger partial charge in [0.05, 0.1) is 19.8 Å². The first-order valence-electron chi connectivity index (χ1n) is 9.29. The van der Waals surface area contributed by atoms with Gasteiger partial charge in [0.2, 0.25) is 0 Å². The largest absolute Gasteiger partial charge is 0.497 e. The second kappa shape index (κ2) is 10.8. The van der Waals surface area contributed by atoms with Crippen molar-refractivity contribution in [2.75, 3.05) is 20.8 Å². The zero-order valence-electron chi connectivity index (χ0n) is 16.7. The van der Waals surface area contributed by atoms with Crippen LogP contribution in [0.5, 0.6) is 5.75 Å². The molecule has 0 amide bonds. The lowest BCUT2D eigenvalue weighted by Crippen LogP contribution is -2.07. The van der Waals surface area contributed by atoms with Crippen molar-refractivity contribution >= 4 is 28.6 Å². The van der Waals surface area contributed by atoms with E-state index in [1.165, 1.54) is 10.7 Å². The number of rotatable bonds is 6. The van der Waals surface area contributed by atoms with Gasteiger partial charge in [-0.15, -0.1) is 0 Å². The lowest BCUT2D eigenvalue weighted by molar-refractivity contribution is 0.0600. The molecule has 0 aliphatic heterocycles. The van der Waals surface area contributed by atoms with Gasteiger partial charge in [-0.1, -0.05) is 36.1 Å². The SMILES string of the molecule is COC(=O)c1ccc(C#CCOC(c2ccc(I)cc2)c2ccc(OC)cc2)cc1. The number of hydrogen-bond donors (Lipinski definition) is 0. The molecule has 0 aliphatic carbocycles. The number of methoxy groups -OCH3 is 2. The van der Waals surface area contributed by atoms with E-state index in [1.54, 1.807) is 31.4 Å². The number of carbonyl (C=O) groups is 1. The third-order valence-corrected chi connectivity index (χ3v) is 5.17. The molecular formula is C25H21IO4. The maximum atomic E-state index is 11.5. The zero-order valence-corrected chi connectivity index (χ0v) is 18.9. The molecule has 3 rings (SSSR count). The molecule has 0 heterocycles. The molecule has 1 atom stereocenters. The Morgan fingerprint density at radius 3 is 2.07 bits per heavy atom. The molecule has 4 nitrogen and oxygen atoms in total. The van der Waals surface area contributed by atoms with Crippen molar-refractivity contribution < 1.29 is 19.0 Å². The predicted octanol–water partition coefficient (Wildman–Crippen LogP) is 5.24. The molecule has 0 radical (unpaired) electrons. The first-order chi connectivity index (χ1) is 14.6. The highest BCUT2D eigenvalue weighted by Crippen LogP contribution is 2.28. The molecule has 5 heteroatoms. The second-order valence-corrected chi connectivity index (χ2v) is 7.63. The second-order valence-electron chi connectivity index (χ2n) is 6.39. The highest BCUT2D eigenvalue weighted by molar-refractivity contribution is 14.1. The Bertz CT molecular complexity index is 1030. The summed E-state index contributed by atoms with van der Waals surface area (Å²) in [6.07, 6.45) is -0.232. The summed E-state index contributed by atoms with van der Waals surface area (Å²) in [6.45, 7) is 0.265. The van der Waals surface area contributed by atoms with Gasteiger partial charge in [0.1, 0.15) is 18.5 Å². The van der Waals surface area contributed by atoms with Crippen LogP contribution in [-0.2, 0) is 9.47 Å². The number of benzene rings is 3. The number of ether oxygens (including phenoxy) is 3. The summed E-state index contributed by atoms with van der Waals surface area (Å²) in [5, 5.41) is 0. The monoisotopic (exact) mass is 512 g/mol. The van der Waals surface area contributed by atoms with Crippen LogP contribution in [0.3, 0.4) is 0 Å². The van der Waals surface area contributed by atoms with Gasteiger partial charge in [0.15, 0.2) is 0 Å². The normalized spacial score (nSPS) is 11.2. The molecule has 30 heavy (non-hydrogen) atoms. The Morgan fingerprint density at radius 2 is 1.50 bits per heavy atom. The van der Waals surface area contributed by atoms with E-state index in [1.807, 2.05) is 24.3 Å². The minimum Gasteiger partial charge on any atom is -0.497 e. The average molecular weight is 512 g/mol. The molecule has 0 saturated heterocycles. The summed E-state index contributed by atoms with van der Waals surface area (Å²) < 4.78 is 17.3. The fourth-order valence-electron chi connectivity index (χ4n) is 2.87. The van der Waals surface area contributed by atoms with Crippen LogP contribution in [0.1, 0.15) is 33.2 Å². The minimum absolute atomic E-state index is 0.232. The van der Waals surface area contributed by atoms with E-state index in [-0.39, 0.29) is 18.7 Å². The summed E-state index contributed by atoms with van der Waals surface area (Å²) >= 11 is 2.29. The fraction of sp³-hybridized carbons (Fsp3) is 0.160. The Hall–Kier alpha value is -2.82. The maximum absolute atomic E-state index is 11.5. The van der Waals surface area contributed by atoms with Gasteiger partial charge < -0.3 is 14.2 Å². The van der Waals surface area contributed by atoms with Crippen LogP contribution in [0.4, 0.5) is 0 Å². The molecule has 0 aromatic heterocycles. The Morgan fingerprint density at radius 1 is 0.900 bits per heavy atom. The molecule has 0 aliphatic rings.